The number of aryl methyl sites for hydroxylation is 1. The molecule has 0 aromatic heterocycles. The lowest BCUT2D eigenvalue weighted by Crippen LogP contribution is -2.51. The van der Waals surface area contributed by atoms with Gasteiger partial charge in [-0.1, -0.05) is 44.2 Å². The van der Waals surface area contributed by atoms with Crippen LogP contribution in [0.4, 0.5) is 10.1 Å². The fraction of sp³-hybridized carbons (Fsp3) is 0.417. The van der Waals surface area contributed by atoms with Crippen molar-refractivity contribution in [1.82, 2.24) is 10.2 Å². The van der Waals surface area contributed by atoms with Crippen LogP contribution in [0, 0.1) is 18.7 Å². The first-order valence-electron chi connectivity index (χ1n) is 10.7. The molecule has 2 aromatic carbocycles. The Kier molecular flexibility index (Phi) is 8.99. The predicted molar refractivity (Wildman–Crippen MR) is 128 cm³/mol. The van der Waals surface area contributed by atoms with Crippen molar-refractivity contribution in [3.05, 3.63) is 65.5 Å². The number of hydrogen-bond acceptors (Lipinski definition) is 4. The molecule has 0 spiro atoms. The third-order valence-electron chi connectivity index (χ3n) is 5.23. The number of halogens is 1. The van der Waals surface area contributed by atoms with E-state index in [9.17, 15) is 22.4 Å². The molecular weight excluding hydrogens is 445 g/mol. The molecule has 1 atom stereocenters. The molecule has 0 fully saturated rings. The Morgan fingerprint density at radius 1 is 1.06 bits per heavy atom. The number of carbonyl (C=O) groups excluding carboxylic acids is 2. The Morgan fingerprint density at radius 2 is 1.73 bits per heavy atom. The predicted octanol–water partition coefficient (Wildman–Crippen LogP) is 3.09. The number of rotatable bonds is 10. The molecule has 180 valence electrons. The fourth-order valence-electron chi connectivity index (χ4n) is 3.25. The van der Waals surface area contributed by atoms with Crippen molar-refractivity contribution in [2.45, 2.75) is 40.3 Å². The third-order valence-corrected chi connectivity index (χ3v) is 6.37. The van der Waals surface area contributed by atoms with Crippen molar-refractivity contribution in [3.63, 3.8) is 0 Å². The van der Waals surface area contributed by atoms with Crippen LogP contribution in [0.2, 0.25) is 0 Å². The van der Waals surface area contributed by atoms with Crippen molar-refractivity contribution in [2.24, 2.45) is 5.92 Å². The highest BCUT2D eigenvalue weighted by molar-refractivity contribution is 7.92. The SMILES string of the molecule is Cc1ccccc1CN(C(=O)CN(c1cccc(F)c1)S(C)(=O)=O)[C@H](C)C(=O)NCC(C)C. The smallest absolute Gasteiger partial charge is 0.244 e. The summed E-state index contributed by atoms with van der Waals surface area (Å²) >= 11 is 0. The van der Waals surface area contributed by atoms with Gasteiger partial charge in [0.05, 0.1) is 11.9 Å². The van der Waals surface area contributed by atoms with Crippen LogP contribution in [0.3, 0.4) is 0 Å². The van der Waals surface area contributed by atoms with Crippen molar-refractivity contribution >= 4 is 27.5 Å². The van der Waals surface area contributed by atoms with Gasteiger partial charge in [0.1, 0.15) is 18.4 Å². The van der Waals surface area contributed by atoms with E-state index in [0.29, 0.717) is 6.54 Å². The van der Waals surface area contributed by atoms with Crippen LogP contribution in [0.25, 0.3) is 0 Å². The van der Waals surface area contributed by atoms with Gasteiger partial charge >= 0.3 is 0 Å². The number of benzene rings is 2. The minimum Gasteiger partial charge on any atom is -0.354 e. The van der Waals surface area contributed by atoms with Crippen LogP contribution in [-0.2, 0) is 26.2 Å². The van der Waals surface area contributed by atoms with Gasteiger partial charge in [-0.05, 0) is 49.1 Å². The largest absolute Gasteiger partial charge is 0.354 e. The molecular formula is C24H32FN3O4S. The van der Waals surface area contributed by atoms with E-state index in [1.165, 1.54) is 23.1 Å². The molecule has 0 bridgehead atoms. The molecule has 0 unspecified atom stereocenters. The Hall–Kier alpha value is -2.94. The van der Waals surface area contributed by atoms with Crippen molar-refractivity contribution < 1.29 is 22.4 Å². The molecule has 0 radical (unpaired) electrons. The van der Waals surface area contributed by atoms with Crippen LogP contribution >= 0.6 is 0 Å². The minimum absolute atomic E-state index is 0.0404. The number of hydrogen-bond donors (Lipinski definition) is 1. The van der Waals surface area contributed by atoms with Gasteiger partial charge in [-0.15, -0.1) is 0 Å². The van der Waals surface area contributed by atoms with Gasteiger partial charge in [0.2, 0.25) is 21.8 Å². The first-order valence-corrected chi connectivity index (χ1v) is 12.6. The zero-order valence-corrected chi connectivity index (χ0v) is 20.5. The number of anilines is 1. The van der Waals surface area contributed by atoms with E-state index < -0.39 is 34.3 Å². The summed E-state index contributed by atoms with van der Waals surface area (Å²) in [4.78, 5) is 27.5. The fourth-order valence-corrected chi connectivity index (χ4v) is 4.09. The normalized spacial score (nSPS) is 12.3. The molecule has 9 heteroatoms. The van der Waals surface area contributed by atoms with E-state index in [4.69, 9.17) is 0 Å². The highest BCUT2D eigenvalue weighted by atomic mass is 32.2. The first-order chi connectivity index (χ1) is 15.4. The van der Waals surface area contributed by atoms with Gasteiger partial charge in [0, 0.05) is 13.1 Å². The lowest BCUT2D eigenvalue weighted by atomic mass is 10.1. The standard InChI is InChI=1S/C24H32FN3O4S/c1-17(2)14-26-24(30)19(4)27(15-20-10-7-6-9-18(20)3)23(29)16-28(33(5,31)32)22-12-8-11-21(25)13-22/h6-13,17,19H,14-16H2,1-5H3,(H,26,30)/t19-/m1/s1. The van der Waals surface area contributed by atoms with Crippen LogP contribution in [-0.4, -0.2) is 50.5 Å². The Morgan fingerprint density at radius 3 is 2.30 bits per heavy atom. The zero-order chi connectivity index (χ0) is 24.8. The van der Waals surface area contributed by atoms with E-state index in [-0.39, 0.29) is 24.1 Å². The van der Waals surface area contributed by atoms with Crippen LogP contribution in [0.15, 0.2) is 48.5 Å². The monoisotopic (exact) mass is 477 g/mol. The van der Waals surface area contributed by atoms with Crippen molar-refractivity contribution in [2.75, 3.05) is 23.7 Å². The summed E-state index contributed by atoms with van der Waals surface area (Å²) in [5.74, 6) is -1.29. The summed E-state index contributed by atoms with van der Waals surface area (Å²) in [6.45, 7) is 7.46. The highest BCUT2D eigenvalue weighted by Gasteiger charge is 2.30. The van der Waals surface area contributed by atoms with Crippen LogP contribution in [0.5, 0.6) is 0 Å². The van der Waals surface area contributed by atoms with Gasteiger partial charge in [0.15, 0.2) is 0 Å². The number of nitrogens with zero attached hydrogens (tertiary/aromatic N) is 2. The van der Waals surface area contributed by atoms with Crippen LogP contribution < -0.4 is 9.62 Å². The van der Waals surface area contributed by atoms with Gasteiger partial charge in [-0.2, -0.15) is 0 Å². The quantitative estimate of drug-likeness (QED) is 0.570. The maximum atomic E-state index is 13.8. The minimum atomic E-state index is -3.89. The van der Waals surface area contributed by atoms with Gasteiger partial charge in [-0.3, -0.25) is 13.9 Å². The van der Waals surface area contributed by atoms with E-state index in [2.05, 4.69) is 5.32 Å². The third kappa shape index (κ3) is 7.56. The van der Waals surface area contributed by atoms with E-state index in [0.717, 1.165) is 27.8 Å². The number of sulfonamides is 1. The molecule has 0 saturated heterocycles. The lowest BCUT2D eigenvalue weighted by Gasteiger charge is -2.32. The molecule has 2 amide bonds. The molecule has 1 N–H and O–H groups in total. The molecule has 0 saturated carbocycles. The van der Waals surface area contributed by atoms with Gasteiger partial charge in [0.25, 0.3) is 0 Å². The second kappa shape index (κ2) is 11.3. The summed E-state index contributed by atoms with van der Waals surface area (Å²) in [5, 5.41) is 2.83. The molecule has 33 heavy (non-hydrogen) atoms. The van der Waals surface area contributed by atoms with E-state index in [1.54, 1.807) is 6.92 Å². The molecule has 0 heterocycles. The summed E-state index contributed by atoms with van der Waals surface area (Å²) in [7, 11) is -3.89. The maximum Gasteiger partial charge on any atom is 0.244 e. The number of amides is 2. The summed E-state index contributed by atoms with van der Waals surface area (Å²) in [6.07, 6.45) is 0.954. The summed E-state index contributed by atoms with van der Waals surface area (Å²) in [5.41, 5.74) is 1.82. The van der Waals surface area contributed by atoms with Crippen molar-refractivity contribution in [3.8, 4) is 0 Å². The Balaban J connectivity index is 2.38. The molecule has 2 rings (SSSR count). The average Bonchev–Trinajstić information content (AvgIpc) is 2.73. The number of carbonyl (C=O) groups is 2. The Bertz CT molecular complexity index is 1090. The van der Waals surface area contributed by atoms with Crippen molar-refractivity contribution in [1.29, 1.82) is 0 Å². The topological polar surface area (TPSA) is 86.8 Å². The molecule has 7 nitrogen and oxygen atoms in total. The summed E-state index contributed by atoms with van der Waals surface area (Å²) in [6, 6.07) is 11.7. The van der Waals surface area contributed by atoms with Gasteiger partial charge < -0.3 is 10.2 Å². The highest BCUT2D eigenvalue weighted by Crippen LogP contribution is 2.20. The molecule has 2 aromatic rings. The molecule has 0 aliphatic heterocycles. The van der Waals surface area contributed by atoms with Crippen LogP contribution in [0.1, 0.15) is 31.9 Å². The van der Waals surface area contributed by atoms with E-state index >= 15 is 0 Å². The second-order valence-corrected chi connectivity index (χ2v) is 10.4. The Labute approximate surface area is 195 Å². The second-order valence-electron chi connectivity index (χ2n) is 8.51. The van der Waals surface area contributed by atoms with Gasteiger partial charge in [-0.25, -0.2) is 12.8 Å². The average molecular weight is 478 g/mol. The maximum absolute atomic E-state index is 13.8. The zero-order valence-electron chi connectivity index (χ0n) is 19.7. The molecule has 0 aliphatic rings. The summed E-state index contributed by atoms with van der Waals surface area (Å²) < 4.78 is 39.5. The number of nitrogens with one attached hydrogen (secondary N) is 1. The lowest BCUT2D eigenvalue weighted by molar-refractivity contribution is -0.139. The molecule has 0 aliphatic carbocycles. The first kappa shape index (κ1) is 26.3. The van der Waals surface area contributed by atoms with E-state index in [1.807, 2.05) is 45.0 Å².